The van der Waals surface area contributed by atoms with Crippen molar-refractivity contribution < 1.29 is 4.74 Å². The Bertz CT molecular complexity index is 1140. The van der Waals surface area contributed by atoms with Crippen LogP contribution in [0.5, 0.6) is 5.75 Å². The monoisotopic (exact) mass is 409 g/mol. The number of ether oxygens (including phenoxy) is 1. The third-order valence-electron chi connectivity index (χ3n) is 4.36. The average molecular weight is 409 g/mol. The number of anilines is 2. The number of nitrogens with zero attached hydrogens (tertiary/aromatic N) is 2. The van der Waals surface area contributed by atoms with E-state index in [1.165, 1.54) is 0 Å². The van der Waals surface area contributed by atoms with E-state index in [-0.39, 0.29) is 17.3 Å². The maximum Gasteiger partial charge on any atom is 0.276 e. The summed E-state index contributed by atoms with van der Waals surface area (Å²) < 4.78 is 5.80. The number of nitrogens with one attached hydrogen (secondary N) is 3. The van der Waals surface area contributed by atoms with Gasteiger partial charge in [-0.15, -0.1) is 0 Å². The standard InChI is InChI=1S/C19H23N9O2/c1-2-30-14-9-11(10-4-3-5-12(8-10)16(26-21)27-22)6-7-13(14)17-24-18(28-23)15(20)19(29)25-17/h3-9H,2,20-23H2,1H3,(H,26,27)(H2,24,25,28,29). The number of aromatic amines is 1. The first-order valence-electron chi connectivity index (χ1n) is 9.01. The minimum absolute atomic E-state index is 0.0795. The number of aromatic nitrogens is 2. The number of H-pyrrole nitrogens is 1. The van der Waals surface area contributed by atoms with E-state index in [0.29, 0.717) is 23.8 Å². The van der Waals surface area contributed by atoms with Gasteiger partial charge < -0.3 is 32.1 Å². The average Bonchev–Trinajstić information content (AvgIpc) is 2.77. The van der Waals surface area contributed by atoms with Gasteiger partial charge in [-0.1, -0.05) is 24.3 Å². The van der Waals surface area contributed by atoms with E-state index in [2.05, 4.69) is 25.9 Å². The summed E-state index contributed by atoms with van der Waals surface area (Å²) in [6, 6.07) is 13.0. The van der Waals surface area contributed by atoms with Gasteiger partial charge in [-0.2, -0.15) is 5.10 Å². The van der Waals surface area contributed by atoms with Gasteiger partial charge in [0.05, 0.1) is 12.2 Å². The quantitative estimate of drug-likeness (QED) is 0.131. The van der Waals surface area contributed by atoms with Crippen LogP contribution in [0.2, 0.25) is 0 Å². The Morgan fingerprint density at radius 3 is 2.63 bits per heavy atom. The Hall–Kier alpha value is -4.09. The fourth-order valence-electron chi connectivity index (χ4n) is 2.93. The van der Waals surface area contributed by atoms with Crippen molar-refractivity contribution in [2.45, 2.75) is 6.92 Å². The lowest BCUT2D eigenvalue weighted by molar-refractivity contribution is 0.341. The van der Waals surface area contributed by atoms with E-state index in [1.54, 1.807) is 6.07 Å². The van der Waals surface area contributed by atoms with Gasteiger partial charge in [-0.05, 0) is 36.2 Å². The van der Waals surface area contributed by atoms with Crippen LogP contribution in [0.15, 0.2) is 52.4 Å². The number of hydrogen-bond acceptors (Lipinski definition) is 9. The number of hydrazone groups is 1. The molecular weight excluding hydrogens is 386 g/mol. The normalized spacial score (nSPS) is 11.2. The summed E-state index contributed by atoms with van der Waals surface area (Å²) in [5.74, 6) is 17.5. The van der Waals surface area contributed by atoms with Gasteiger partial charge in [-0.3, -0.25) is 4.79 Å². The van der Waals surface area contributed by atoms with Crippen molar-refractivity contribution in [2.24, 2.45) is 22.6 Å². The lowest BCUT2D eigenvalue weighted by atomic mass is 10.0. The molecule has 30 heavy (non-hydrogen) atoms. The molecule has 1 heterocycles. The number of amidine groups is 1. The largest absolute Gasteiger partial charge is 0.493 e. The van der Waals surface area contributed by atoms with Crippen LogP contribution in [0.25, 0.3) is 22.5 Å². The Morgan fingerprint density at radius 1 is 1.20 bits per heavy atom. The van der Waals surface area contributed by atoms with E-state index in [1.807, 2.05) is 43.3 Å². The molecule has 0 atom stereocenters. The molecule has 11 N–H and O–H groups in total. The van der Waals surface area contributed by atoms with Gasteiger partial charge in [0, 0.05) is 5.56 Å². The second-order valence-corrected chi connectivity index (χ2v) is 6.17. The third-order valence-corrected chi connectivity index (χ3v) is 4.36. The first kappa shape index (κ1) is 20.6. The summed E-state index contributed by atoms with van der Waals surface area (Å²) in [6.07, 6.45) is 0. The van der Waals surface area contributed by atoms with Gasteiger partial charge in [0.15, 0.2) is 11.7 Å². The molecule has 3 aromatic rings. The zero-order valence-electron chi connectivity index (χ0n) is 16.3. The molecule has 3 rings (SSSR count). The van der Waals surface area contributed by atoms with Crippen LogP contribution < -0.4 is 44.4 Å². The molecule has 11 heteroatoms. The van der Waals surface area contributed by atoms with Crippen LogP contribution in [0.1, 0.15) is 12.5 Å². The maximum absolute atomic E-state index is 12.1. The van der Waals surface area contributed by atoms with E-state index in [9.17, 15) is 4.79 Å². The van der Waals surface area contributed by atoms with Gasteiger partial charge >= 0.3 is 0 Å². The predicted molar refractivity (Wildman–Crippen MR) is 117 cm³/mol. The highest BCUT2D eigenvalue weighted by molar-refractivity contribution is 5.99. The summed E-state index contributed by atoms with van der Waals surface area (Å²) in [5, 5.41) is 3.63. The van der Waals surface area contributed by atoms with Crippen LogP contribution in [0.3, 0.4) is 0 Å². The minimum Gasteiger partial charge on any atom is -0.493 e. The molecule has 0 aliphatic carbocycles. The Kier molecular flexibility index (Phi) is 6.15. The van der Waals surface area contributed by atoms with Crippen molar-refractivity contribution in [1.29, 1.82) is 0 Å². The van der Waals surface area contributed by atoms with Gasteiger partial charge in [0.2, 0.25) is 0 Å². The highest BCUT2D eigenvalue weighted by atomic mass is 16.5. The maximum atomic E-state index is 12.1. The lowest BCUT2D eigenvalue weighted by Crippen LogP contribution is -2.32. The summed E-state index contributed by atoms with van der Waals surface area (Å²) in [7, 11) is 0. The second-order valence-electron chi connectivity index (χ2n) is 6.17. The van der Waals surface area contributed by atoms with Crippen molar-refractivity contribution in [3.05, 3.63) is 58.4 Å². The molecule has 156 valence electrons. The molecule has 11 nitrogen and oxygen atoms in total. The van der Waals surface area contributed by atoms with Gasteiger partial charge in [0.1, 0.15) is 17.3 Å². The predicted octanol–water partition coefficient (Wildman–Crippen LogP) is 0.454. The van der Waals surface area contributed by atoms with Gasteiger partial charge in [-0.25, -0.2) is 16.7 Å². The summed E-state index contributed by atoms with van der Waals surface area (Å²) >= 11 is 0. The lowest BCUT2D eigenvalue weighted by Gasteiger charge is -2.14. The van der Waals surface area contributed by atoms with Crippen molar-refractivity contribution >= 4 is 17.3 Å². The fourth-order valence-corrected chi connectivity index (χ4v) is 2.93. The highest BCUT2D eigenvalue weighted by Crippen LogP contribution is 2.33. The molecule has 0 saturated carbocycles. The topological polar surface area (TPSA) is 195 Å². The van der Waals surface area contributed by atoms with E-state index >= 15 is 0 Å². The van der Waals surface area contributed by atoms with Crippen LogP contribution in [0.4, 0.5) is 11.5 Å². The molecule has 0 bridgehead atoms. The molecule has 0 unspecified atom stereocenters. The molecule has 1 aromatic heterocycles. The van der Waals surface area contributed by atoms with E-state index in [4.69, 9.17) is 28.0 Å². The smallest absolute Gasteiger partial charge is 0.276 e. The third kappa shape index (κ3) is 4.01. The Labute approximate surface area is 172 Å². The molecule has 0 saturated heterocycles. The Morgan fingerprint density at radius 2 is 1.97 bits per heavy atom. The van der Waals surface area contributed by atoms with Crippen molar-refractivity contribution in [1.82, 2.24) is 15.4 Å². The number of rotatable bonds is 6. The molecule has 0 aliphatic heterocycles. The van der Waals surface area contributed by atoms with Crippen molar-refractivity contribution in [2.75, 3.05) is 17.8 Å². The van der Waals surface area contributed by atoms with E-state index < -0.39 is 5.56 Å². The molecular formula is C19H23N9O2. The zero-order chi connectivity index (χ0) is 21.7. The molecule has 0 spiro atoms. The number of nitrogens with two attached hydrogens (primary N) is 4. The zero-order valence-corrected chi connectivity index (χ0v) is 16.3. The number of hydrogen-bond donors (Lipinski definition) is 7. The molecule has 2 aromatic carbocycles. The summed E-state index contributed by atoms with van der Waals surface area (Å²) in [4.78, 5) is 19.0. The van der Waals surface area contributed by atoms with Crippen LogP contribution in [-0.2, 0) is 0 Å². The first-order chi connectivity index (χ1) is 14.5. The molecule has 0 fully saturated rings. The summed E-state index contributed by atoms with van der Waals surface area (Å²) in [5.41, 5.74) is 12.9. The molecule has 0 amide bonds. The molecule has 0 aliphatic rings. The molecule has 0 radical (unpaired) electrons. The van der Waals surface area contributed by atoms with Crippen molar-refractivity contribution in [3.8, 4) is 28.3 Å². The number of benzene rings is 2. The van der Waals surface area contributed by atoms with E-state index in [0.717, 1.165) is 16.7 Å². The number of nitrogen functional groups attached to an aromatic ring is 2. The van der Waals surface area contributed by atoms with Gasteiger partial charge in [0.25, 0.3) is 5.56 Å². The highest BCUT2D eigenvalue weighted by Gasteiger charge is 2.15. The summed E-state index contributed by atoms with van der Waals surface area (Å²) in [6.45, 7) is 2.28. The Balaban J connectivity index is 2.11. The SMILES string of the molecule is CCOc1cc(-c2cccc(/C(=N/N)NN)c2)ccc1-c1nc(NN)c(N)c(=O)[nH]1. The van der Waals surface area contributed by atoms with Crippen LogP contribution in [-0.4, -0.2) is 22.4 Å². The van der Waals surface area contributed by atoms with Crippen LogP contribution in [0, 0.1) is 0 Å². The van der Waals surface area contributed by atoms with Crippen molar-refractivity contribution in [3.63, 3.8) is 0 Å². The van der Waals surface area contributed by atoms with Crippen LogP contribution >= 0.6 is 0 Å². The fraction of sp³-hybridized carbons (Fsp3) is 0.105. The number of hydrazine groups is 2. The first-order valence-corrected chi connectivity index (χ1v) is 9.01. The minimum atomic E-state index is -0.505. The second kappa shape index (κ2) is 8.94.